The lowest BCUT2D eigenvalue weighted by atomic mass is 10.4. The lowest BCUT2D eigenvalue weighted by Crippen LogP contribution is -2.22. The summed E-state index contributed by atoms with van der Waals surface area (Å²) in [6.07, 6.45) is 1.81. The minimum absolute atomic E-state index is 0.285. The quantitative estimate of drug-likeness (QED) is 0.307. The minimum atomic E-state index is -0.328. The van der Waals surface area contributed by atoms with E-state index in [0.717, 1.165) is 22.0 Å². The van der Waals surface area contributed by atoms with Crippen LogP contribution >= 0.6 is 35.3 Å². The van der Waals surface area contributed by atoms with Gasteiger partial charge >= 0.3 is 11.9 Å². The molecule has 0 bridgehead atoms. The maximum absolute atomic E-state index is 12.4. The van der Waals surface area contributed by atoms with Crippen molar-refractivity contribution >= 4 is 47.2 Å². The van der Waals surface area contributed by atoms with E-state index in [0.29, 0.717) is 11.5 Å². The molecule has 1 aliphatic heterocycles. The molecular weight excluding hydrogens is 352 g/mol. The Bertz CT molecular complexity index is 578. The molecule has 23 heavy (non-hydrogen) atoms. The van der Waals surface area contributed by atoms with Gasteiger partial charge in [-0.2, -0.15) is 0 Å². The predicted octanol–water partition coefficient (Wildman–Crippen LogP) is 4.27. The van der Waals surface area contributed by atoms with Crippen molar-refractivity contribution in [1.82, 2.24) is 0 Å². The van der Waals surface area contributed by atoms with Crippen molar-refractivity contribution in [3.05, 3.63) is 39.5 Å². The Morgan fingerprint density at radius 2 is 1.91 bits per heavy atom. The van der Waals surface area contributed by atoms with Crippen molar-refractivity contribution in [2.75, 3.05) is 13.7 Å². The van der Waals surface area contributed by atoms with Crippen molar-refractivity contribution in [2.24, 2.45) is 0 Å². The Morgan fingerprint density at radius 1 is 1.22 bits per heavy atom. The van der Waals surface area contributed by atoms with E-state index in [1.54, 1.807) is 0 Å². The second-order valence-electron chi connectivity index (χ2n) is 4.61. The molecule has 0 N–H and O–H groups in total. The average molecular weight is 371 g/mol. The highest BCUT2D eigenvalue weighted by atomic mass is 32.3. The third-order valence-corrected chi connectivity index (χ3v) is 7.03. The van der Waals surface area contributed by atoms with Gasteiger partial charge in [-0.25, -0.2) is 9.59 Å². The largest absolute Gasteiger partial charge is 0.468 e. The molecule has 1 aromatic rings. The summed E-state index contributed by atoms with van der Waals surface area (Å²) in [5.41, 5.74) is 0. The van der Waals surface area contributed by atoms with Gasteiger partial charge in [0.15, 0.2) is 4.58 Å². The molecule has 1 fully saturated rings. The van der Waals surface area contributed by atoms with Crippen molar-refractivity contribution in [2.45, 2.75) is 29.2 Å². The molecule has 0 saturated carbocycles. The van der Waals surface area contributed by atoms with Gasteiger partial charge in [0.05, 0.1) is 18.0 Å². The first-order valence-corrected chi connectivity index (χ1v) is 9.78. The van der Waals surface area contributed by atoms with Crippen molar-refractivity contribution in [3.8, 4) is 0 Å². The number of esters is 2. The lowest BCUT2D eigenvalue weighted by Gasteiger charge is -2.26. The molecule has 0 unspecified atom stereocenters. The maximum Gasteiger partial charge on any atom is 0.346 e. The fourth-order valence-electron chi connectivity index (χ4n) is 1.65. The van der Waals surface area contributed by atoms with E-state index < -0.39 is 0 Å². The molecule has 2 rings (SSSR count). The van der Waals surface area contributed by atoms with E-state index in [2.05, 4.69) is 0 Å². The number of carbonyl (C=O) groups is 2. The molecule has 0 atom stereocenters. The van der Waals surface area contributed by atoms with Gasteiger partial charge in [-0.05, 0) is 18.6 Å². The summed E-state index contributed by atoms with van der Waals surface area (Å²) < 4.78 is 10.6. The van der Waals surface area contributed by atoms with Crippen LogP contribution in [0.2, 0.25) is 0 Å². The molecular formula is C16H18O4S3. The first-order valence-electron chi connectivity index (χ1n) is 7.21. The zero-order valence-electron chi connectivity index (χ0n) is 12.9. The zero-order valence-corrected chi connectivity index (χ0v) is 15.4. The molecule has 0 radical (unpaired) electrons. The van der Waals surface area contributed by atoms with Crippen LogP contribution in [0.25, 0.3) is 0 Å². The summed E-state index contributed by atoms with van der Waals surface area (Å²) in [6.45, 7) is 2.46. The van der Waals surface area contributed by atoms with Crippen molar-refractivity contribution < 1.29 is 19.1 Å². The highest BCUT2D eigenvalue weighted by Crippen LogP contribution is 2.55. The molecule has 0 spiro atoms. The number of rotatable bonds is 7. The first kappa shape index (κ1) is 18.3. The number of hydrogen-bond donors (Lipinski definition) is 0. The Kier molecular flexibility index (Phi) is 7.39. The number of hydrogen-bond acceptors (Lipinski definition) is 7. The van der Waals surface area contributed by atoms with Gasteiger partial charge < -0.3 is 9.47 Å². The second kappa shape index (κ2) is 9.30. The van der Waals surface area contributed by atoms with Gasteiger partial charge in [0.2, 0.25) is 0 Å². The van der Waals surface area contributed by atoms with Crippen LogP contribution < -0.4 is 0 Å². The molecule has 124 valence electrons. The van der Waals surface area contributed by atoms with Crippen LogP contribution in [-0.4, -0.2) is 30.2 Å². The number of benzene rings is 1. The van der Waals surface area contributed by atoms with Gasteiger partial charge in [-0.3, -0.25) is 0 Å². The van der Waals surface area contributed by atoms with Crippen LogP contribution in [0.15, 0.2) is 44.4 Å². The molecule has 1 aromatic carbocycles. The zero-order chi connectivity index (χ0) is 16.7. The minimum Gasteiger partial charge on any atom is -0.468 e. The van der Waals surface area contributed by atoms with Crippen molar-refractivity contribution in [3.63, 3.8) is 0 Å². The fourth-order valence-corrected chi connectivity index (χ4v) is 4.98. The summed E-state index contributed by atoms with van der Waals surface area (Å²) >= 11 is 4.07. The molecule has 1 aliphatic rings. The average Bonchev–Trinajstić information content (AvgIpc) is 2.53. The van der Waals surface area contributed by atoms with E-state index in [9.17, 15) is 9.59 Å². The van der Waals surface area contributed by atoms with Crippen LogP contribution in [0.3, 0.4) is 0 Å². The Labute approximate surface area is 148 Å². The predicted molar refractivity (Wildman–Crippen MR) is 96.2 cm³/mol. The second-order valence-corrected chi connectivity index (χ2v) is 8.48. The first-order chi connectivity index (χ1) is 11.2. The van der Waals surface area contributed by atoms with E-state index in [1.165, 1.54) is 42.4 Å². The number of unbranched alkanes of at least 4 members (excludes halogenated alkanes) is 1. The summed E-state index contributed by atoms with van der Waals surface area (Å²) in [7, 11) is 1.36. The number of carbonyl (C=O) groups excluding carboxylic acids is 2. The van der Waals surface area contributed by atoms with Gasteiger partial charge in [0, 0.05) is 4.90 Å². The fraction of sp³-hybridized carbons (Fsp3) is 0.375. The van der Waals surface area contributed by atoms with E-state index in [-0.39, 0.29) is 16.5 Å². The van der Waals surface area contributed by atoms with Crippen LogP contribution in [-0.2, 0) is 19.1 Å². The number of thioether (sulfide) groups is 3. The van der Waals surface area contributed by atoms with Gasteiger partial charge in [0.1, 0.15) is 4.91 Å². The third-order valence-electron chi connectivity index (χ3n) is 2.89. The highest BCUT2D eigenvalue weighted by molar-refractivity contribution is 8.39. The lowest BCUT2D eigenvalue weighted by molar-refractivity contribution is -0.139. The molecule has 4 nitrogen and oxygen atoms in total. The summed E-state index contributed by atoms with van der Waals surface area (Å²) in [4.78, 5) is 25.4. The Balaban J connectivity index is 2.09. The smallest absolute Gasteiger partial charge is 0.346 e. The third kappa shape index (κ3) is 5.22. The SMILES string of the molecule is CCCCOC(=O)C(Sc1ccccc1)=C1SC(C(=O)OC)S1. The van der Waals surface area contributed by atoms with E-state index >= 15 is 0 Å². The van der Waals surface area contributed by atoms with Crippen LogP contribution in [0, 0.1) is 0 Å². The molecule has 7 heteroatoms. The Hall–Kier alpha value is -1.05. The molecule has 0 aliphatic carbocycles. The van der Waals surface area contributed by atoms with Crippen LogP contribution in [0.4, 0.5) is 0 Å². The van der Waals surface area contributed by atoms with Gasteiger partial charge in [-0.1, -0.05) is 66.8 Å². The maximum atomic E-state index is 12.4. The van der Waals surface area contributed by atoms with Crippen LogP contribution in [0.5, 0.6) is 0 Å². The standard InChI is InChI=1S/C16H18O4S3/c1-3-4-10-20-13(17)12(21-11-8-6-5-7-9-11)15-22-16(23-15)14(18)19-2/h5-9,16H,3-4,10H2,1-2H3. The summed E-state index contributed by atoms with van der Waals surface area (Å²) in [5.74, 6) is -0.613. The van der Waals surface area contributed by atoms with Gasteiger partial charge in [0.25, 0.3) is 0 Å². The van der Waals surface area contributed by atoms with E-state index in [4.69, 9.17) is 9.47 Å². The monoisotopic (exact) mass is 370 g/mol. The molecule has 0 aromatic heterocycles. The van der Waals surface area contributed by atoms with E-state index in [1.807, 2.05) is 37.3 Å². The number of ether oxygens (including phenoxy) is 2. The molecule has 1 saturated heterocycles. The van der Waals surface area contributed by atoms with Crippen LogP contribution in [0.1, 0.15) is 19.8 Å². The topological polar surface area (TPSA) is 52.6 Å². The summed E-state index contributed by atoms with van der Waals surface area (Å²) in [6, 6.07) is 9.65. The van der Waals surface area contributed by atoms with Gasteiger partial charge in [-0.15, -0.1) is 0 Å². The molecule has 1 heterocycles. The molecule has 0 amide bonds. The van der Waals surface area contributed by atoms with Crippen molar-refractivity contribution in [1.29, 1.82) is 0 Å². The Morgan fingerprint density at radius 3 is 2.52 bits per heavy atom. The normalized spacial score (nSPS) is 16.4. The highest BCUT2D eigenvalue weighted by Gasteiger charge is 2.37. The number of methoxy groups -OCH3 is 1. The summed E-state index contributed by atoms with van der Waals surface area (Å²) in [5, 5.41) is 0.